The first kappa shape index (κ1) is 20.1. The maximum atomic E-state index is 12.2. The SMILES string of the molecule is Nc1ncnc2c1c(C#CCCC(=O)C(F)(F)F)cn2[C@H]1CC(O)[C@@H](CO)O1. The van der Waals surface area contributed by atoms with Gasteiger partial charge in [0.1, 0.15) is 30.1 Å². The van der Waals surface area contributed by atoms with Crippen LogP contribution in [-0.2, 0) is 9.53 Å². The number of alkyl halides is 3. The van der Waals surface area contributed by atoms with Crippen LogP contribution in [0.5, 0.6) is 0 Å². The number of aliphatic hydroxyl groups excluding tert-OH is 2. The number of nitrogen functional groups attached to an aromatic ring is 1. The number of ether oxygens (including phenoxy) is 1. The molecule has 11 heteroatoms. The lowest BCUT2D eigenvalue weighted by molar-refractivity contribution is -0.170. The number of halogens is 3. The van der Waals surface area contributed by atoms with E-state index in [0.717, 1.165) is 0 Å². The van der Waals surface area contributed by atoms with Gasteiger partial charge >= 0.3 is 6.18 Å². The zero-order chi connectivity index (χ0) is 20.5. The minimum Gasteiger partial charge on any atom is -0.394 e. The number of anilines is 1. The van der Waals surface area contributed by atoms with Crippen molar-refractivity contribution in [3.8, 4) is 11.8 Å². The standard InChI is InChI=1S/C17H17F3N4O4/c18-17(19,20)12(27)4-2-1-3-9-6-24(13-5-10(26)11(7-25)28-13)16-14(9)15(21)22-8-23-16/h6,8,10-11,13,25-26H,2,4-5,7H2,(H2,21,22,23)/t10?,11-,13-/m1/s1. The number of aromatic nitrogens is 3. The van der Waals surface area contributed by atoms with E-state index >= 15 is 0 Å². The van der Waals surface area contributed by atoms with Gasteiger partial charge in [0.2, 0.25) is 5.78 Å². The van der Waals surface area contributed by atoms with E-state index in [1.807, 2.05) is 0 Å². The van der Waals surface area contributed by atoms with Gasteiger partial charge in [-0.25, -0.2) is 9.97 Å². The van der Waals surface area contributed by atoms with Crippen LogP contribution in [0.3, 0.4) is 0 Å². The van der Waals surface area contributed by atoms with E-state index in [4.69, 9.17) is 10.5 Å². The van der Waals surface area contributed by atoms with E-state index in [-0.39, 0.29) is 25.3 Å². The average Bonchev–Trinajstić information content (AvgIpc) is 3.18. The minimum absolute atomic E-state index is 0.122. The van der Waals surface area contributed by atoms with Crippen LogP contribution in [0, 0.1) is 11.8 Å². The van der Waals surface area contributed by atoms with Gasteiger partial charge in [-0.2, -0.15) is 13.2 Å². The van der Waals surface area contributed by atoms with Crippen molar-refractivity contribution in [2.24, 2.45) is 0 Å². The first-order valence-electron chi connectivity index (χ1n) is 8.36. The zero-order valence-electron chi connectivity index (χ0n) is 14.5. The molecular formula is C17H17F3N4O4. The second kappa shape index (κ2) is 7.75. The molecule has 2 aromatic rings. The zero-order valence-corrected chi connectivity index (χ0v) is 14.5. The number of Topliss-reactive ketones (excluding diaryl/α,β-unsaturated/α-hetero) is 1. The number of fused-ring (bicyclic) bond motifs is 1. The second-order valence-corrected chi connectivity index (χ2v) is 6.25. The van der Waals surface area contributed by atoms with Crippen LogP contribution >= 0.6 is 0 Å². The highest BCUT2D eigenvalue weighted by atomic mass is 19.4. The van der Waals surface area contributed by atoms with Crippen LogP contribution in [0.4, 0.5) is 19.0 Å². The number of hydrogen-bond donors (Lipinski definition) is 3. The summed E-state index contributed by atoms with van der Waals surface area (Å²) in [6, 6.07) is 0. The number of nitrogens with zero attached hydrogens (tertiary/aromatic N) is 3. The Hall–Kier alpha value is -2.68. The summed E-state index contributed by atoms with van der Waals surface area (Å²) in [5.74, 6) is 3.51. The van der Waals surface area contributed by atoms with Crippen molar-refractivity contribution in [2.45, 2.75) is 43.9 Å². The van der Waals surface area contributed by atoms with Crippen LogP contribution in [0.25, 0.3) is 11.0 Å². The van der Waals surface area contributed by atoms with Gasteiger partial charge in [0.25, 0.3) is 0 Å². The molecule has 0 saturated carbocycles. The summed E-state index contributed by atoms with van der Waals surface area (Å²) in [5.41, 5.74) is 6.63. The molecule has 1 aliphatic rings. The molecule has 28 heavy (non-hydrogen) atoms. The Labute approximate surface area is 157 Å². The predicted molar refractivity (Wildman–Crippen MR) is 90.7 cm³/mol. The van der Waals surface area contributed by atoms with Crippen LogP contribution < -0.4 is 5.73 Å². The van der Waals surface area contributed by atoms with Gasteiger partial charge in [-0.15, -0.1) is 0 Å². The molecule has 1 fully saturated rings. The van der Waals surface area contributed by atoms with E-state index in [9.17, 15) is 28.2 Å². The van der Waals surface area contributed by atoms with Gasteiger partial charge in [-0.3, -0.25) is 4.79 Å². The molecule has 150 valence electrons. The molecule has 3 rings (SSSR count). The van der Waals surface area contributed by atoms with E-state index in [2.05, 4.69) is 21.8 Å². The molecule has 1 aliphatic heterocycles. The molecule has 0 spiro atoms. The Balaban J connectivity index is 1.88. The lowest BCUT2D eigenvalue weighted by Crippen LogP contribution is -2.24. The number of hydrogen-bond acceptors (Lipinski definition) is 7. The fourth-order valence-corrected chi connectivity index (χ4v) is 2.95. The summed E-state index contributed by atoms with van der Waals surface area (Å²) in [6.07, 6.45) is -5.15. The first-order valence-corrected chi connectivity index (χ1v) is 8.36. The summed E-state index contributed by atoms with van der Waals surface area (Å²) >= 11 is 0. The second-order valence-electron chi connectivity index (χ2n) is 6.25. The lowest BCUT2D eigenvalue weighted by Gasteiger charge is -2.14. The number of carbonyl (C=O) groups excluding carboxylic acids is 1. The molecular weight excluding hydrogens is 381 g/mol. The lowest BCUT2D eigenvalue weighted by atomic mass is 10.2. The van der Waals surface area contributed by atoms with Gasteiger partial charge in [0.05, 0.1) is 23.7 Å². The Kier molecular flexibility index (Phi) is 5.55. The Morgan fingerprint density at radius 1 is 1.43 bits per heavy atom. The van der Waals surface area contributed by atoms with Crippen molar-refractivity contribution >= 4 is 22.6 Å². The van der Waals surface area contributed by atoms with Crippen LogP contribution in [0.1, 0.15) is 31.1 Å². The summed E-state index contributed by atoms with van der Waals surface area (Å²) in [7, 11) is 0. The van der Waals surface area contributed by atoms with Gasteiger partial charge in [0.15, 0.2) is 0 Å². The van der Waals surface area contributed by atoms with Gasteiger partial charge < -0.3 is 25.3 Å². The van der Waals surface area contributed by atoms with E-state index in [1.54, 1.807) is 10.8 Å². The third-order valence-electron chi connectivity index (χ3n) is 4.35. The highest BCUT2D eigenvalue weighted by Crippen LogP contribution is 2.33. The van der Waals surface area contributed by atoms with Crippen molar-refractivity contribution in [3.63, 3.8) is 0 Å². The normalized spacial score (nSPS) is 22.2. The molecule has 1 saturated heterocycles. The predicted octanol–water partition coefficient (Wildman–Crippen LogP) is 0.917. The van der Waals surface area contributed by atoms with Gasteiger partial charge in [-0.1, -0.05) is 11.8 Å². The monoisotopic (exact) mass is 398 g/mol. The Morgan fingerprint density at radius 2 is 2.18 bits per heavy atom. The quantitative estimate of drug-likeness (QED) is 0.654. The molecule has 8 nitrogen and oxygen atoms in total. The van der Waals surface area contributed by atoms with Crippen molar-refractivity contribution < 1.29 is 32.9 Å². The smallest absolute Gasteiger partial charge is 0.394 e. The number of aliphatic hydroxyl groups is 2. The molecule has 2 aromatic heterocycles. The summed E-state index contributed by atoms with van der Waals surface area (Å²) in [6.45, 7) is -0.353. The molecule has 0 bridgehead atoms. The number of nitrogens with two attached hydrogens (primary N) is 1. The fourth-order valence-electron chi connectivity index (χ4n) is 2.95. The first-order chi connectivity index (χ1) is 13.2. The molecule has 0 amide bonds. The van der Waals surface area contributed by atoms with Crippen molar-refractivity contribution in [3.05, 3.63) is 18.1 Å². The van der Waals surface area contributed by atoms with E-state index < -0.39 is 36.8 Å². The molecule has 4 N–H and O–H groups in total. The summed E-state index contributed by atoms with van der Waals surface area (Å²) < 4.78 is 43.9. The molecule has 0 aliphatic carbocycles. The Bertz CT molecular complexity index is 947. The van der Waals surface area contributed by atoms with Crippen molar-refractivity contribution in [1.29, 1.82) is 0 Å². The molecule has 0 radical (unpaired) electrons. The molecule has 3 heterocycles. The highest BCUT2D eigenvalue weighted by Gasteiger charge is 2.37. The Morgan fingerprint density at radius 3 is 2.82 bits per heavy atom. The van der Waals surface area contributed by atoms with Gasteiger partial charge in [-0.05, 0) is 0 Å². The fraction of sp³-hybridized carbons (Fsp3) is 0.471. The van der Waals surface area contributed by atoms with Crippen LogP contribution in [0.15, 0.2) is 12.5 Å². The van der Waals surface area contributed by atoms with Gasteiger partial charge in [0, 0.05) is 25.5 Å². The molecule has 0 aromatic carbocycles. The van der Waals surface area contributed by atoms with Crippen molar-refractivity contribution in [2.75, 3.05) is 12.3 Å². The molecule has 1 unspecified atom stereocenters. The van der Waals surface area contributed by atoms with E-state index in [0.29, 0.717) is 16.6 Å². The minimum atomic E-state index is -4.88. The molecule has 3 atom stereocenters. The number of rotatable bonds is 4. The maximum absolute atomic E-state index is 12.2. The average molecular weight is 398 g/mol. The van der Waals surface area contributed by atoms with Crippen LogP contribution in [0.2, 0.25) is 0 Å². The van der Waals surface area contributed by atoms with E-state index in [1.165, 1.54) is 6.33 Å². The highest BCUT2D eigenvalue weighted by molar-refractivity contribution is 5.92. The third-order valence-corrected chi connectivity index (χ3v) is 4.35. The maximum Gasteiger partial charge on any atom is 0.450 e. The largest absolute Gasteiger partial charge is 0.450 e. The van der Waals surface area contributed by atoms with Crippen molar-refractivity contribution in [1.82, 2.24) is 14.5 Å². The summed E-state index contributed by atoms with van der Waals surface area (Å²) in [5, 5.41) is 19.6. The third kappa shape index (κ3) is 3.94. The number of carbonyl (C=O) groups is 1. The number of ketones is 1. The topological polar surface area (TPSA) is 123 Å². The van der Waals surface area contributed by atoms with Crippen LogP contribution in [-0.4, -0.2) is 55.5 Å². The summed E-state index contributed by atoms with van der Waals surface area (Å²) in [4.78, 5) is 19.0.